The van der Waals surface area contributed by atoms with Crippen LogP contribution in [0.1, 0.15) is 29.7 Å². The average Bonchev–Trinajstić information content (AvgIpc) is 2.32. The molecular weight excluding hydrogens is 236 g/mol. The highest BCUT2D eigenvalue weighted by atomic mass is 79.9. The van der Waals surface area contributed by atoms with E-state index in [2.05, 4.69) is 40.1 Å². The van der Waals surface area contributed by atoms with Gasteiger partial charge in [-0.05, 0) is 28.9 Å². The standard InChI is InChI=1S/C8H13BrN2S/c1-5(2)7-8(9)11-6(12-7)4-10-3/h5,10H,4H2,1-3H3. The van der Waals surface area contributed by atoms with E-state index in [0.29, 0.717) is 5.92 Å². The molecule has 0 bridgehead atoms. The highest BCUT2D eigenvalue weighted by molar-refractivity contribution is 9.10. The number of nitrogens with zero attached hydrogens (tertiary/aromatic N) is 1. The predicted molar refractivity (Wildman–Crippen MR) is 56.7 cm³/mol. The van der Waals surface area contributed by atoms with Gasteiger partial charge in [0.2, 0.25) is 0 Å². The molecule has 0 aromatic carbocycles. The number of rotatable bonds is 3. The largest absolute Gasteiger partial charge is 0.314 e. The van der Waals surface area contributed by atoms with E-state index in [-0.39, 0.29) is 0 Å². The highest BCUT2D eigenvalue weighted by Gasteiger charge is 2.10. The molecule has 0 aliphatic heterocycles. The fourth-order valence-electron chi connectivity index (χ4n) is 0.939. The third kappa shape index (κ3) is 2.28. The van der Waals surface area contributed by atoms with Gasteiger partial charge in [0.1, 0.15) is 9.61 Å². The maximum atomic E-state index is 4.39. The fourth-order valence-corrected chi connectivity index (χ4v) is 2.94. The maximum absolute atomic E-state index is 4.39. The van der Waals surface area contributed by atoms with E-state index in [4.69, 9.17) is 0 Å². The minimum absolute atomic E-state index is 0.558. The fraction of sp³-hybridized carbons (Fsp3) is 0.625. The minimum atomic E-state index is 0.558. The van der Waals surface area contributed by atoms with Crippen LogP contribution in [-0.4, -0.2) is 12.0 Å². The molecule has 4 heteroatoms. The summed E-state index contributed by atoms with van der Waals surface area (Å²) in [5, 5.41) is 4.24. The van der Waals surface area contributed by atoms with Crippen LogP contribution in [0.15, 0.2) is 4.60 Å². The van der Waals surface area contributed by atoms with Crippen molar-refractivity contribution in [1.82, 2.24) is 10.3 Å². The van der Waals surface area contributed by atoms with E-state index in [1.807, 2.05) is 7.05 Å². The molecule has 1 N–H and O–H groups in total. The van der Waals surface area contributed by atoms with Crippen LogP contribution < -0.4 is 5.32 Å². The van der Waals surface area contributed by atoms with Crippen molar-refractivity contribution in [2.75, 3.05) is 7.05 Å². The van der Waals surface area contributed by atoms with Crippen LogP contribution in [0.5, 0.6) is 0 Å². The summed E-state index contributed by atoms with van der Waals surface area (Å²) in [7, 11) is 1.93. The summed E-state index contributed by atoms with van der Waals surface area (Å²) < 4.78 is 1.01. The maximum Gasteiger partial charge on any atom is 0.120 e. The molecule has 0 atom stereocenters. The van der Waals surface area contributed by atoms with Crippen molar-refractivity contribution in [1.29, 1.82) is 0 Å². The zero-order valence-electron chi connectivity index (χ0n) is 7.52. The van der Waals surface area contributed by atoms with E-state index in [1.54, 1.807) is 11.3 Å². The first-order valence-corrected chi connectivity index (χ1v) is 5.55. The Bertz CT molecular complexity index is 258. The smallest absolute Gasteiger partial charge is 0.120 e. The normalized spacial score (nSPS) is 11.1. The van der Waals surface area contributed by atoms with Crippen molar-refractivity contribution in [2.45, 2.75) is 26.3 Å². The molecular formula is C8H13BrN2S. The Morgan fingerprint density at radius 2 is 2.25 bits per heavy atom. The average molecular weight is 249 g/mol. The summed E-state index contributed by atoms with van der Waals surface area (Å²) in [6.07, 6.45) is 0. The molecule has 2 nitrogen and oxygen atoms in total. The summed E-state index contributed by atoms with van der Waals surface area (Å²) in [5.41, 5.74) is 0. The Labute approximate surface area is 85.5 Å². The van der Waals surface area contributed by atoms with Crippen LogP contribution in [-0.2, 0) is 6.54 Å². The molecule has 0 unspecified atom stereocenters. The molecule has 0 aliphatic rings. The second-order valence-electron chi connectivity index (χ2n) is 2.95. The van der Waals surface area contributed by atoms with Crippen molar-refractivity contribution in [3.8, 4) is 0 Å². The van der Waals surface area contributed by atoms with Crippen LogP contribution in [0, 0.1) is 0 Å². The summed E-state index contributed by atoms with van der Waals surface area (Å²) in [5.74, 6) is 0.558. The van der Waals surface area contributed by atoms with Crippen molar-refractivity contribution in [3.05, 3.63) is 14.5 Å². The van der Waals surface area contributed by atoms with E-state index in [0.717, 1.165) is 16.2 Å². The zero-order chi connectivity index (χ0) is 9.14. The first-order chi connectivity index (χ1) is 5.65. The Hall–Kier alpha value is 0.0700. The third-order valence-corrected chi connectivity index (χ3v) is 3.73. The highest BCUT2D eigenvalue weighted by Crippen LogP contribution is 2.30. The van der Waals surface area contributed by atoms with Crippen molar-refractivity contribution in [2.24, 2.45) is 0 Å². The molecule has 0 amide bonds. The number of hydrogen-bond acceptors (Lipinski definition) is 3. The topological polar surface area (TPSA) is 24.9 Å². The molecule has 1 heterocycles. The Morgan fingerprint density at radius 3 is 2.67 bits per heavy atom. The molecule has 1 aromatic heterocycles. The van der Waals surface area contributed by atoms with Crippen LogP contribution in [0.3, 0.4) is 0 Å². The van der Waals surface area contributed by atoms with Gasteiger partial charge in [0.05, 0.1) is 0 Å². The number of nitrogens with one attached hydrogen (secondary N) is 1. The lowest BCUT2D eigenvalue weighted by atomic mass is 10.2. The van der Waals surface area contributed by atoms with Gasteiger partial charge in [-0.3, -0.25) is 0 Å². The molecule has 0 saturated carbocycles. The van der Waals surface area contributed by atoms with Gasteiger partial charge in [0.25, 0.3) is 0 Å². The zero-order valence-corrected chi connectivity index (χ0v) is 9.92. The van der Waals surface area contributed by atoms with E-state index in [1.165, 1.54) is 4.88 Å². The summed E-state index contributed by atoms with van der Waals surface area (Å²) in [4.78, 5) is 5.73. The van der Waals surface area contributed by atoms with Gasteiger partial charge in [-0.2, -0.15) is 0 Å². The summed E-state index contributed by atoms with van der Waals surface area (Å²) in [6, 6.07) is 0. The quantitative estimate of drug-likeness (QED) is 0.890. The third-order valence-electron chi connectivity index (χ3n) is 1.51. The number of halogens is 1. The molecule has 0 spiro atoms. The van der Waals surface area contributed by atoms with Crippen LogP contribution in [0.4, 0.5) is 0 Å². The summed E-state index contributed by atoms with van der Waals surface area (Å²) >= 11 is 5.23. The van der Waals surface area contributed by atoms with Gasteiger partial charge in [-0.1, -0.05) is 13.8 Å². The molecule has 0 saturated heterocycles. The first-order valence-electron chi connectivity index (χ1n) is 3.94. The monoisotopic (exact) mass is 248 g/mol. The Balaban J connectivity index is 2.85. The molecule has 68 valence electrons. The molecule has 0 fully saturated rings. The summed E-state index contributed by atoms with van der Waals surface area (Å²) in [6.45, 7) is 5.22. The minimum Gasteiger partial charge on any atom is -0.314 e. The van der Waals surface area contributed by atoms with Gasteiger partial charge in [-0.25, -0.2) is 4.98 Å². The Kier molecular flexibility index (Phi) is 3.68. The first kappa shape index (κ1) is 10.2. The van der Waals surface area contributed by atoms with Crippen LogP contribution >= 0.6 is 27.3 Å². The second kappa shape index (κ2) is 4.35. The lowest BCUT2D eigenvalue weighted by Gasteiger charge is -1.98. The number of aromatic nitrogens is 1. The lowest BCUT2D eigenvalue weighted by molar-refractivity contribution is 0.807. The van der Waals surface area contributed by atoms with Crippen LogP contribution in [0.2, 0.25) is 0 Å². The second-order valence-corrected chi connectivity index (χ2v) is 4.81. The van der Waals surface area contributed by atoms with E-state index >= 15 is 0 Å². The van der Waals surface area contributed by atoms with Crippen molar-refractivity contribution in [3.63, 3.8) is 0 Å². The van der Waals surface area contributed by atoms with Gasteiger partial charge in [0, 0.05) is 11.4 Å². The SMILES string of the molecule is CNCc1nc(Br)c(C(C)C)s1. The molecule has 1 aromatic rings. The van der Waals surface area contributed by atoms with E-state index < -0.39 is 0 Å². The molecule has 0 radical (unpaired) electrons. The van der Waals surface area contributed by atoms with Crippen molar-refractivity contribution >= 4 is 27.3 Å². The Morgan fingerprint density at radius 1 is 1.58 bits per heavy atom. The van der Waals surface area contributed by atoms with Crippen molar-refractivity contribution < 1.29 is 0 Å². The van der Waals surface area contributed by atoms with E-state index in [9.17, 15) is 0 Å². The number of thiazole rings is 1. The molecule has 12 heavy (non-hydrogen) atoms. The van der Waals surface area contributed by atoms with Gasteiger partial charge < -0.3 is 5.32 Å². The van der Waals surface area contributed by atoms with Gasteiger partial charge >= 0.3 is 0 Å². The predicted octanol–water partition coefficient (Wildman–Crippen LogP) is 2.75. The van der Waals surface area contributed by atoms with Gasteiger partial charge in [-0.15, -0.1) is 11.3 Å². The molecule has 0 aliphatic carbocycles. The van der Waals surface area contributed by atoms with Gasteiger partial charge in [0.15, 0.2) is 0 Å². The lowest BCUT2D eigenvalue weighted by Crippen LogP contribution is -2.03. The molecule has 1 rings (SSSR count). The number of hydrogen-bond donors (Lipinski definition) is 1. The van der Waals surface area contributed by atoms with Crippen LogP contribution in [0.25, 0.3) is 0 Å².